The molecule has 110 valence electrons. The van der Waals surface area contributed by atoms with Crippen molar-refractivity contribution in [3.05, 3.63) is 65.7 Å². The second-order valence-corrected chi connectivity index (χ2v) is 7.40. The second-order valence-electron chi connectivity index (χ2n) is 6.39. The van der Waals surface area contributed by atoms with Gasteiger partial charge in [0.1, 0.15) is 0 Å². The van der Waals surface area contributed by atoms with Gasteiger partial charge in [-0.05, 0) is 30.0 Å². The van der Waals surface area contributed by atoms with Crippen LogP contribution in [0, 0.1) is 5.92 Å². The maximum atomic E-state index is 3.94. The van der Waals surface area contributed by atoms with Crippen LogP contribution in [-0.4, -0.2) is 11.3 Å². The first-order chi connectivity index (χ1) is 10.1. The van der Waals surface area contributed by atoms with Crippen molar-refractivity contribution in [3.8, 4) is 0 Å². The lowest BCUT2D eigenvalue weighted by molar-refractivity contribution is 0.277. The number of nitrogens with one attached hydrogen (secondary N) is 1. The highest BCUT2D eigenvalue weighted by Gasteiger charge is 2.35. The van der Waals surface area contributed by atoms with Crippen LogP contribution in [0.2, 0.25) is 0 Å². The van der Waals surface area contributed by atoms with Crippen LogP contribution < -0.4 is 5.32 Å². The first kappa shape index (κ1) is 14.7. The van der Waals surface area contributed by atoms with Gasteiger partial charge in [0, 0.05) is 16.2 Å². The zero-order valence-electron chi connectivity index (χ0n) is 13.0. The van der Waals surface area contributed by atoms with Crippen LogP contribution in [0.4, 0.5) is 0 Å². The van der Waals surface area contributed by atoms with Crippen molar-refractivity contribution in [3.63, 3.8) is 0 Å². The quantitative estimate of drug-likeness (QED) is 0.847. The van der Waals surface area contributed by atoms with Crippen molar-refractivity contribution in [1.29, 1.82) is 0 Å². The van der Waals surface area contributed by atoms with Crippen LogP contribution in [0.15, 0.2) is 59.5 Å². The van der Waals surface area contributed by atoms with E-state index in [1.54, 1.807) is 0 Å². The summed E-state index contributed by atoms with van der Waals surface area (Å²) in [5, 5.41) is 3.94. The first-order valence-electron chi connectivity index (χ1n) is 7.64. The Kier molecular flexibility index (Phi) is 4.10. The maximum absolute atomic E-state index is 3.94. The average Bonchev–Trinajstić information content (AvgIpc) is 2.67. The molecule has 0 amide bonds. The molecule has 0 unspecified atom stereocenters. The highest BCUT2D eigenvalue weighted by molar-refractivity contribution is 7.99. The van der Waals surface area contributed by atoms with Crippen molar-refractivity contribution < 1.29 is 0 Å². The van der Waals surface area contributed by atoms with E-state index in [0.29, 0.717) is 5.92 Å². The Labute approximate surface area is 132 Å². The van der Waals surface area contributed by atoms with Gasteiger partial charge in [0.05, 0.1) is 6.04 Å². The van der Waals surface area contributed by atoms with Gasteiger partial charge in [-0.15, -0.1) is 11.8 Å². The van der Waals surface area contributed by atoms with Gasteiger partial charge in [-0.2, -0.15) is 0 Å². The maximum Gasteiger partial charge on any atom is 0.0592 e. The molecule has 1 heterocycles. The largest absolute Gasteiger partial charge is 0.300 e. The van der Waals surface area contributed by atoms with Crippen LogP contribution in [0.3, 0.4) is 0 Å². The summed E-state index contributed by atoms with van der Waals surface area (Å²) >= 11 is 1.98. The topological polar surface area (TPSA) is 12.0 Å². The van der Waals surface area contributed by atoms with E-state index in [1.807, 2.05) is 11.8 Å². The van der Waals surface area contributed by atoms with Gasteiger partial charge in [-0.1, -0.05) is 62.4 Å². The van der Waals surface area contributed by atoms with E-state index in [9.17, 15) is 0 Å². The van der Waals surface area contributed by atoms with E-state index < -0.39 is 0 Å². The molecule has 2 heteroatoms. The van der Waals surface area contributed by atoms with Crippen molar-refractivity contribution in [2.24, 2.45) is 5.92 Å². The lowest BCUT2D eigenvalue weighted by Gasteiger charge is -2.36. The first-order valence-corrected chi connectivity index (χ1v) is 8.63. The van der Waals surface area contributed by atoms with Gasteiger partial charge in [0.2, 0.25) is 0 Å². The molecule has 2 aromatic rings. The molecule has 0 aliphatic carbocycles. The molecule has 0 saturated carbocycles. The van der Waals surface area contributed by atoms with E-state index in [1.165, 1.54) is 16.0 Å². The van der Waals surface area contributed by atoms with Crippen molar-refractivity contribution in [2.75, 3.05) is 5.75 Å². The van der Waals surface area contributed by atoms with Crippen LogP contribution in [0.1, 0.15) is 37.9 Å². The number of hydrogen-bond acceptors (Lipinski definition) is 2. The Morgan fingerprint density at radius 3 is 2.43 bits per heavy atom. The molecule has 0 spiro atoms. The third-order valence-electron chi connectivity index (χ3n) is 4.64. The van der Waals surface area contributed by atoms with Crippen molar-refractivity contribution in [2.45, 2.75) is 37.2 Å². The number of fused-ring (bicyclic) bond motifs is 1. The van der Waals surface area contributed by atoms with E-state index >= 15 is 0 Å². The molecular weight excluding hydrogens is 274 g/mol. The molecule has 3 rings (SSSR count). The van der Waals surface area contributed by atoms with Gasteiger partial charge in [0.25, 0.3) is 0 Å². The standard InChI is InChI=1S/C19H23NS/c1-14(2)19(3)13-21-17-12-8-7-11-16(17)18(20-19)15-9-5-4-6-10-15/h4-12,14,18,20H,13H2,1-3H3/t18-,19+/m0/s1. The third kappa shape index (κ3) is 2.88. The van der Waals surface area contributed by atoms with Gasteiger partial charge in [-0.25, -0.2) is 0 Å². The third-order valence-corrected chi connectivity index (χ3v) is 6.07. The molecule has 0 aromatic heterocycles. The molecule has 0 saturated heterocycles. The number of thioether (sulfide) groups is 1. The zero-order valence-corrected chi connectivity index (χ0v) is 13.8. The molecule has 2 aromatic carbocycles. The van der Waals surface area contributed by atoms with E-state index in [-0.39, 0.29) is 11.6 Å². The summed E-state index contributed by atoms with van der Waals surface area (Å²) in [6, 6.07) is 19.9. The fourth-order valence-electron chi connectivity index (χ4n) is 2.77. The molecule has 0 fully saturated rings. The Balaban J connectivity index is 2.08. The molecule has 0 bridgehead atoms. The molecule has 1 N–H and O–H groups in total. The molecule has 2 atom stereocenters. The summed E-state index contributed by atoms with van der Waals surface area (Å²) < 4.78 is 0. The van der Waals surface area contributed by atoms with Crippen LogP contribution in [-0.2, 0) is 0 Å². The van der Waals surface area contributed by atoms with Gasteiger partial charge in [0.15, 0.2) is 0 Å². The minimum atomic E-state index is 0.129. The predicted molar refractivity (Wildman–Crippen MR) is 91.8 cm³/mol. The van der Waals surface area contributed by atoms with Crippen molar-refractivity contribution in [1.82, 2.24) is 5.32 Å². The highest BCUT2D eigenvalue weighted by Crippen LogP contribution is 2.39. The fourth-order valence-corrected chi connectivity index (χ4v) is 4.17. The fraction of sp³-hybridized carbons (Fsp3) is 0.368. The molecule has 1 aliphatic heterocycles. The highest BCUT2D eigenvalue weighted by atomic mass is 32.2. The SMILES string of the molecule is CC(C)[C@@]1(C)CSc2ccccc2[C@H](c2ccccc2)N1. The molecular formula is C19H23NS. The Bertz CT molecular complexity index is 608. The van der Waals surface area contributed by atoms with Crippen LogP contribution in [0.5, 0.6) is 0 Å². The monoisotopic (exact) mass is 297 g/mol. The summed E-state index contributed by atoms with van der Waals surface area (Å²) in [6.07, 6.45) is 0. The zero-order chi connectivity index (χ0) is 14.9. The van der Waals surface area contributed by atoms with E-state index in [4.69, 9.17) is 0 Å². The van der Waals surface area contributed by atoms with Gasteiger partial charge >= 0.3 is 0 Å². The predicted octanol–water partition coefficient (Wildman–Crippen LogP) is 4.89. The van der Waals surface area contributed by atoms with E-state index in [0.717, 1.165) is 5.75 Å². The number of benzene rings is 2. The summed E-state index contributed by atoms with van der Waals surface area (Å²) in [6.45, 7) is 6.98. The van der Waals surface area contributed by atoms with E-state index in [2.05, 4.69) is 80.7 Å². The normalized spacial score (nSPS) is 25.4. The van der Waals surface area contributed by atoms with Crippen molar-refractivity contribution >= 4 is 11.8 Å². The molecule has 1 nitrogen and oxygen atoms in total. The van der Waals surface area contributed by atoms with Gasteiger partial charge in [-0.3, -0.25) is 5.32 Å². The molecule has 0 radical (unpaired) electrons. The summed E-state index contributed by atoms with van der Waals surface area (Å²) in [4.78, 5) is 1.41. The van der Waals surface area contributed by atoms with Crippen LogP contribution in [0.25, 0.3) is 0 Å². The minimum Gasteiger partial charge on any atom is -0.300 e. The van der Waals surface area contributed by atoms with Crippen LogP contribution >= 0.6 is 11.8 Å². The smallest absolute Gasteiger partial charge is 0.0592 e. The number of rotatable bonds is 2. The average molecular weight is 297 g/mol. The minimum absolute atomic E-state index is 0.129. The molecule has 21 heavy (non-hydrogen) atoms. The molecule has 1 aliphatic rings. The Hall–Kier alpha value is -1.25. The summed E-state index contributed by atoms with van der Waals surface area (Å²) in [5.41, 5.74) is 2.88. The number of hydrogen-bond donors (Lipinski definition) is 1. The lowest BCUT2D eigenvalue weighted by atomic mass is 9.87. The Morgan fingerprint density at radius 1 is 1.05 bits per heavy atom. The summed E-state index contributed by atoms with van der Waals surface area (Å²) in [7, 11) is 0. The van der Waals surface area contributed by atoms with Gasteiger partial charge < -0.3 is 0 Å². The Morgan fingerprint density at radius 2 is 1.71 bits per heavy atom. The second kappa shape index (κ2) is 5.86. The summed E-state index contributed by atoms with van der Waals surface area (Å²) in [5.74, 6) is 1.69. The lowest BCUT2D eigenvalue weighted by Crippen LogP contribution is -2.50.